The van der Waals surface area contributed by atoms with Gasteiger partial charge in [0.1, 0.15) is 0 Å². The predicted molar refractivity (Wildman–Crippen MR) is 279 cm³/mol. The maximum Gasteiger partial charge on any atom is 0.0701 e. The van der Waals surface area contributed by atoms with Crippen molar-refractivity contribution in [2.45, 2.75) is 38.5 Å². The standard InChI is InChI=1S/C54H78N6O9/c1-10-49-40-50(11-1)44-56-17-5-23-62-29-35-68-37-31-64-25-7-19-58-46-52-13-3-15-54(42-52)48-60-21-9-27-66-33-39-69-38-32-65-26-8-20-59-47-53-14-2-12-51(41-53)45-57-18-6-24-63-30-36-67-34-28-61-22-4-16-55-43-49/h1-3,10-15,40-48H,4-9,16-39H2. The quantitative estimate of drug-likeness (QED) is 0.229. The Bertz CT molecular complexity index is 1560. The highest BCUT2D eigenvalue weighted by atomic mass is 16.6. The van der Waals surface area contributed by atoms with Crippen molar-refractivity contribution in [1.29, 1.82) is 0 Å². The minimum Gasteiger partial charge on any atom is -0.379 e. The molecule has 15 nitrogen and oxygen atoms in total. The van der Waals surface area contributed by atoms with Crippen molar-refractivity contribution in [3.8, 4) is 0 Å². The van der Waals surface area contributed by atoms with Gasteiger partial charge in [-0.2, -0.15) is 0 Å². The Hall–Kier alpha value is -4.68. The average Bonchev–Trinajstić information content (AvgIpc) is 3.37. The minimum absolute atomic E-state index is 0.542. The molecule has 378 valence electrons. The molecule has 0 amide bonds. The van der Waals surface area contributed by atoms with E-state index in [1.807, 2.05) is 91.9 Å². The number of aliphatic imine (C=N–C) groups is 6. The van der Waals surface area contributed by atoms with Gasteiger partial charge in [0.15, 0.2) is 0 Å². The molecular weight excluding hydrogens is 877 g/mol. The lowest BCUT2D eigenvalue weighted by Gasteiger charge is -2.06. The SMILES string of the molecule is C1=NCCCOCCOCCOCCCN=Cc2cccc(c2)C=NCCCOCCOCCOCCCN=Cc2cccc(c2)C=NCCCOCCOCCOCCCN=Cc2cccc1c2. The van der Waals surface area contributed by atoms with Crippen LogP contribution in [0, 0.1) is 0 Å². The maximum atomic E-state index is 5.70. The summed E-state index contributed by atoms with van der Waals surface area (Å²) in [5, 5.41) is 0. The van der Waals surface area contributed by atoms with Crippen LogP contribution in [0.3, 0.4) is 0 Å². The van der Waals surface area contributed by atoms with E-state index in [1.54, 1.807) is 0 Å². The third-order valence-corrected chi connectivity index (χ3v) is 9.86. The highest BCUT2D eigenvalue weighted by Crippen LogP contribution is 2.05. The van der Waals surface area contributed by atoms with Crippen LogP contribution in [0.5, 0.6) is 0 Å². The highest BCUT2D eigenvalue weighted by Gasteiger charge is 1.99. The van der Waals surface area contributed by atoms with Crippen molar-refractivity contribution in [3.63, 3.8) is 0 Å². The fourth-order valence-corrected chi connectivity index (χ4v) is 6.35. The summed E-state index contributed by atoms with van der Waals surface area (Å²) in [5.74, 6) is 0. The van der Waals surface area contributed by atoms with Crippen LogP contribution in [0.4, 0.5) is 0 Å². The van der Waals surface area contributed by atoms with Crippen molar-refractivity contribution >= 4 is 37.3 Å². The van der Waals surface area contributed by atoms with Crippen LogP contribution in [0.1, 0.15) is 71.9 Å². The Morgan fingerprint density at radius 1 is 0.217 bits per heavy atom. The van der Waals surface area contributed by atoms with Gasteiger partial charge < -0.3 is 42.6 Å². The van der Waals surface area contributed by atoms with E-state index in [0.717, 1.165) is 71.9 Å². The molecule has 1 heterocycles. The largest absolute Gasteiger partial charge is 0.379 e. The summed E-state index contributed by atoms with van der Waals surface area (Å²) in [7, 11) is 0. The third-order valence-electron chi connectivity index (χ3n) is 9.86. The molecule has 0 saturated heterocycles. The zero-order valence-electron chi connectivity index (χ0n) is 41.0. The zero-order valence-corrected chi connectivity index (χ0v) is 41.0. The monoisotopic (exact) mass is 955 g/mol. The highest BCUT2D eigenvalue weighted by molar-refractivity contribution is 5.87. The Kier molecular flexibility index (Phi) is 34.8. The lowest BCUT2D eigenvalue weighted by atomic mass is 10.1. The van der Waals surface area contributed by atoms with Gasteiger partial charge in [0, 0.05) is 116 Å². The lowest BCUT2D eigenvalue weighted by Crippen LogP contribution is -2.10. The first kappa shape index (κ1) is 56.9. The van der Waals surface area contributed by atoms with E-state index in [-0.39, 0.29) is 0 Å². The van der Waals surface area contributed by atoms with Crippen LogP contribution >= 0.6 is 0 Å². The van der Waals surface area contributed by atoms with Crippen molar-refractivity contribution in [3.05, 3.63) is 106 Å². The fraction of sp³-hybridized carbons (Fsp3) is 0.556. The topological polar surface area (TPSA) is 157 Å². The summed E-state index contributed by atoms with van der Waals surface area (Å²) >= 11 is 0. The molecule has 6 bridgehead atoms. The molecule has 0 N–H and O–H groups in total. The van der Waals surface area contributed by atoms with Gasteiger partial charge in [-0.15, -0.1) is 0 Å². The molecule has 0 fully saturated rings. The van der Waals surface area contributed by atoms with E-state index < -0.39 is 0 Å². The van der Waals surface area contributed by atoms with Gasteiger partial charge in [0.2, 0.25) is 0 Å². The van der Waals surface area contributed by atoms with Crippen LogP contribution in [0.15, 0.2) is 103 Å². The number of rotatable bonds is 0. The predicted octanol–water partition coefficient (Wildman–Crippen LogP) is 7.10. The van der Waals surface area contributed by atoms with Gasteiger partial charge in [0.05, 0.1) is 79.3 Å². The molecule has 0 aromatic heterocycles. The number of nitrogens with zero attached hydrogens (tertiary/aromatic N) is 6. The Morgan fingerprint density at radius 2 is 0.377 bits per heavy atom. The number of fused-ring (bicyclic) bond motifs is 6. The van der Waals surface area contributed by atoms with Crippen LogP contribution in [-0.4, -0.2) is 195 Å². The first-order valence-corrected chi connectivity index (χ1v) is 24.8. The van der Waals surface area contributed by atoms with E-state index in [9.17, 15) is 0 Å². The van der Waals surface area contributed by atoms with E-state index in [1.165, 1.54) is 0 Å². The normalized spacial score (nSPS) is 19.3. The maximum absolute atomic E-state index is 5.70. The van der Waals surface area contributed by atoms with E-state index in [2.05, 4.69) is 48.2 Å². The summed E-state index contributed by atoms with van der Waals surface area (Å²) in [5.41, 5.74) is 6.29. The van der Waals surface area contributed by atoms with Crippen molar-refractivity contribution in [2.75, 3.05) is 158 Å². The second-order valence-corrected chi connectivity index (χ2v) is 15.9. The molecule has 0 saturated carbocycles. The Labute approximate surface area is 411 Å². The Balaban J connectivity index is 1.08. The summed E-state index contributed by atoms with van der Waals surface area (Å²) < 4.78 is 51.1. The van der Waals surface area contributed by atoms with E-state index in [0.29, 0.717) is 158 Å². The van der Waals surface area contributed by atoms with E-state index >= 15 is 0 Å². The molecule has 1 aliphatic heterocycles. The molecular formula is C54H78N6O9. The van der Waals surface area contributed by atoms with Crippen LogP contribution in [-0.2, 0) is 42.6 Å². The number of hydrogen-bond donors (Lipinski definition) is 0. The summed E-state index contributed by atoms with van der Waals surface area (Å²) in [4.78, 5) is 27.4. The molecule has 69 heavy (non-hydrogen) atoms. The first-order valence-electron chi connectivity index (χ1n) is 24.8. The summed E-state index contributed by atoms with van der Waals surface area (Å²) in [6.45, 7) is 14.6. The second kappa shape index (κ2) is 42.2. The molecule has 15 heteroatoms. The van der Waals surface area contributed by atoms with Gasteiger partial charge in [-0.1, -0.05) is 54.6 Å². The molecule has 0 spiro atoms. The molecule has 3 aromatic rings. The fourth-order valence-electron chi connectivity index (χ4n) is 6.35. The van der Waals surface area contributed by atoms with Gasteiger partial charge in [-0.3, -0.25) is 30.0 Å². The number of hydrogen-bond acceptors (Lipinski definition) is 15. The third kappa shape index (κ3) is 32.7. The lowest BCUT2D eigenvalue weighted by molar-refractivity contribution is 0.0143. The van der Waals surface area contributed by atoms with Gasteiger partial charge in [0.25, 0.3) is 0 Å². The molecule has 1 aliphatic rings. The van der Waals surface area contributed by atoms with Gasteiger partial charge >= 0.3 is 0 Å². The van der Waals surface area contributed by atoms with Crippen LogP contribution in [0.2, 0.25) is 0 Å². The van der Waals surface area contributed by atoms with Crippen molar-refractivity contribution < 1.29 is 42.6 Å². The van der Waals surface area contributed by atoms with Gasteiger partial charge in [-0.05, 0) is 90.1 Å². The molecule has 0 aliphatic carbocycles. The number of benzene rings is 3. The Morgan fingerprint density at radius 3 is 0.551 bits per heavy atom. The molecule has 0 unspecified atom stereocenters. The first-order chi connectivity index (χ1) is 34.3. The molecule has 0 atom stereocenters. The van der Waals surface area contributed by atoms with Crippen LogP contribution < -0.4 is 0 Å². The number of ether oxygens (including phenoxy) is 9. The van der Waals surface area contributed by atoms with Crippen molar-refractivity contribution in [1.82, 2.24) is 0 Å². The van der Waals surface area contributed by atoms with Gasteiger partial charge in [-0.25, -0.2) is 0 Å². The van der Waals surface area contributed by atoms with Crippen LogP contribution in [0.25, 0.3) is 0 Å². The minimum atomic E-state index is 0.542. The summed E-state index contributed by atoms with van der Waals surface area (Å²) in [6, 6.07) is 24.6. The molecule has 0 radical (unpaired) electrons. The summed E-state index contributed by atoms with van der Waals surface area (Å²) in [6.07, 6.45) is 16.5. The zero-order chi connectivity index (χ0) is 48.0. The van der Waals surface area contributed by atoms with Crippen molar-refractivity contribution in [2.24, 2.45) is 30.0 Å². The second-order valence-electron chi connectivity index (χ2n) is 15.9. The molecule has 4 rings (SSSR count). The average molecular weight is 955 g/mol. The smallest absolute Gasteiger partial charge is 0.0701 e. The van der Waals surface area contributed by atoms with E-state index in [4.69, 9.17) is 42.6 Å². The molecule has 3 aromatic carbocycles.